The lowest BCUT2D eigenvalue weighted by Crippen LogP contribution is -2.36. The third-order valence-electron chi connectivity index (χ3n) is 5.69. The summed E-state index contributed by atoms with van der Waals surface area (Å²) in [6.45, 7) is 2.88. The number of ether oxygens (including phenoxy) is 1. The van der Waals surface area contributed by atoms with Crippen molar-refractivity contribution < 1.29 is 13.9 Å². The van der Waals surface area contributed by atoms with Crippen LogP contribution in [-0.4, -0.2) is 47.3 Å². The van der Waals surface area contributed by atoms with Gasteiger partial charge in [-0.05, 0) is 24.3 Å². The van der Waals surface area contributed by atoms with Gasteiger partial charge in [-0.3, -0.25) is 4.79 Å². The molecule has 5 rings (SSSR count). The van der Waals surface area contributed by atoms with Crippen LogP contribution in [0.1, 0.15) is 35.4 Å². The average Bonchev–Trinajstić information content (AvgIpc) is 2.98. The molecule has 0 unspecified atom stereocenters. The molecule has 3 aliphatic rings. The first-order valence-electron chi connectivity index (χ1n) is 8.92. The minimum atomic E-state index is -0.0710. The number of rotatable bonds is 5. The fourth-order valence-corrected chi connectivity index (χ4v) is 4.78. The molecule has 132 valence electrons. The summed E-state index contributed by atoms with van der Waals surface area (Å²) in [5.74, 6) is 2.52. The van der Waals surface area contributed by atoms with Gasteiger partial charge in [0.25, 0.3) is 0 Å². The van der Waals surface area contributed by atoms with Gasteiger partial charge in [0.15, 0.2) is 0 Å². The van der Waals surface area contributed by atoms with Gasteiger partial charge in [0.1, 0.15) is 0 Å². The Morgan fingerprint density at radius 2 is 2.32 bits per heavy atom. The third kappa shape index (κ3) is 2.89. The third-order valence-corrected chi connectivity index (χ3v) is 6.57. The number of nitrogens with zero attached hydrogens (tertiary/aromatic N) is 3. The fraction of sp³-hybridized carbons (Fsp3) is 0.611. The lowest BCUT2D eigenvalue weighted by Gasteiger charge is -2.25. The highest BCUT2D eigenvalue weighted by Gasteiger charge is 2.52. The maximum atomic E-state index is 12.7. The fourth-order valence-electron chi connectivity index (χ4n) is 4.08. The van der Waals surface area contributed by atoms with Crippen LogP contribution in [0.3, 0.4) is 0 Å². The molecule has 2 atom stereocenters. The van der Waals surface area contributed by atoms with Crippen LogP contribution in [0.15, 0.2) is 21.9 Å². The molecular weight excluding hydrogens is 338 g/mol. The number of amides is 1. The average molecular weight is 359 g/mol. The number of fused-ring (bicyclic) bond motifs is 1. The highest BCUT2D eigenvalue weighted by atomic mass is 32.1. The summed E-state index contributed by atoms with van der Waals surface area (Å²) in [6, 6.07) is 4.02. The molecule has 0 N–H and O–H groups in total. The van der Waals surface area contributed by atoms with Crippen LogP contribution in [0.5, 0.6) is 0 Å². The molecular formula is C18H21N3O3S. The van der Waals surface area contributed by atoms with Gasteiger partial charge in [0, 0.05) is 41.6 Å². The molecule has 2 saturated heterocycles. The molecule has 0 bridgehead atoms. The van der Waals surface area contributed by atoms with Crippen molar-refractivity contribution in [2.24, 2.45) is 11.3 Å². The van der Waals surface area contributed by atoms with E-state index in [2.05, 4.69) is 10.2 Å². The molecule has 2 aromatic heterocycles. The van der Waals surface area contributed by atoms with Crippen LogP contribution in [0.2, 0.25) is 0 Å². The molecule has 1 aliphatic carbocycles. The molecule has 1 amide bonds. The van der Waals surface area contributed by atoms with E-state index < -0.39 is 0 Å². The van der Waals surface area contributed by atoms with Crippen molar-refractivity contribution in [1.29, 1.82) is 0 Å². The molecule has 6 nitrogen and oxygen atoms in total. The second kappa shape index (κ2) is 5.92. The minimum Gasteiger partial charge on any atom is -0.425 e. The monoisotopic (exact) mass is 359 g/mol. The standard InChI is InChI=1S/C18H21N3O3S/c22-16(6-14-2-1-5-25-14)21-8-13-9-23-11-18(13,10-21)7-15-19-20-17(24-15)12-3-4-12/h1-2,5,12-13H,3-4,6-11H2/t13-,18+/m1/s1. The zero-order valence-corrected chi connectivity index (χ0v) is 14.8. The number of thiophene rings is 1. The van der Waals surface area contributed by atoms with E-state index in [1.165, 1.54) is 0 Å². The summed E-state index contributed by atoms with van der Waals surface area (Å²) in [7, 11) is 0. The Bertz CT molecular complexity index is 770. The summed E-state index contributed by atoms with van der Waals surface area (Å²) in [5, 5.41) is 10.5. The first-order chi connectivity index (χ1) is 12.2. The van der Waals surface area contributed by atoms with E-state index in [4.69, 9.17) is 9.15 Å². The molecule has 0 radical (unpaired) electrons. The number of aromatic nitrogens is 2. The largest absolute Gasteiger partial charge is 0.425 e. The van der Waals surface area contributed by atoms with Gasteiger partial charge in [-0.25, -0.2) is 0 Å². The Hall–Kier alpha value is -1.73. The van der Waals surface area contributed by atoms with E-state index in [0.717, 1.165) is 36.7 Å². The molecule has 3 fully saturated rings. The van der Waals surface area contributed by atoms with Crippen molar-refractivity contribution in [3.05, 3.63) is 34.2 Å². The predicted octanol–water partition coefficient (Wildman–Crippen LogP) is 2.27. The number of likely N-dealkylation sites (tertiary alicyclic amines) is 1. The first kappa shape index (κ1) is 15.5. The Morgan fingerprint density at radius 3 is 3.12 bits per heavy atom. The summed E-state index contributed by atoms with van der Waals surface area (Å²) in [6.07, 6.45) is 3.51. The molecule has 7 heteroatoms. The molecule has 25 heavy (non-hydrogen) atoms. The van der Waals surface area contributed by atoms with Crippen LogP contribution in [0.4, 0.5) is 0 Å². The molecule has 2 aliphatic heterocycles. The lowest BCUT2D eigenvalue weighted by atomic mass is 9.78. The summed E-state index contributed by atoms with van der Waals surface area (Å²) in [4.78, 5) is 15.8. The molecule has 0 spiro atoms. The molecule has 1 saturated carbocycles. The van der Waals surface area contributed by atoms with Crippen molar-refractivity contribution in [2.75, 3.05) is 26.3 Å². The van der Waals surface area contributed by atoms with Gasteiger partial charge in [-0.2, -0.15) is 0 Å². The van der Waals surface area contributed by atoms with Crippen molar-refractivity contribution in [3.63, 3.8) is 0 Å². The van der Waals surface area contributed by atoms with Crippen LogP contribution in [0.25, 0.3) is 0 Å². The van der Waals surface area contributed by atoms with Gasteiger partial charge in [-0.1, -0.05) is 6.07 Å². The Kier molecular flexibility index (Phi) is 3.67. The zero-order valence-electron chi connectivity index (χ0n) is 14.0. The summed E-state index contributed by atoms with van der Waals surface area (Å²) < 4.78 is 11.6. The van der Waals surface area contributed by atoms with E-state index in [1.807, 2.05) is 22.4 Å². The van der Waals surface area contributed by atoms with Crippen molar-refractivity contribution >= 4 is 17.2 Å². The Morgan fingerprint density at radius 1 is 1.40 bits per heavy atom. The SMILES string of the molecule is O=C(Cc1cccs1)N1C[C@@H]2COC[C@]2(Cc2nnc(C3CC3)o2)C1. The number of carbonyl (C=O) groups is 1. The van der Waals surface area contributed by atoms with Crippen LogP contribution in [0, 0.1) is 11.3 Å². The normalized spacial score (nSPS) is 28.5. The summed E-state index contributed by atoms with van der Waals surface area (Å²) in [5.41, 5.74) is -0.0710. The maximum absolute atomic E-state index is 12.7. The predicted molar refractivity (Wildman–Crippen MR) is 91.3 cm³/mol. The van der Waals surface area contributed by atoms with Crippen molar-refractivity contribution in [1.82, 2.24) is 15.1 Å². The molecule has 4 heterocycles. The molecule has 2 aromatic rings. The Balaban J connectivity index is 1.30. The summed E-state index contributed by atoms with van der Waals surface area (Å²) >= 11 is 1.64. The topological polar surface area (TPSA) is 68.5 Å². The zero-order chi connectivity index (χ0) is 16.9. The molecule has 0 aromatic carbocycles. The van der Waals surface area contributed by atoms with Gasteiger partial charge in [-0.15, -0.1) is 21.5 Å². The van der Waals surface area contributed by atoms with Gasteiger partial charge in [0.2, 0.25) is 17.7 Å². The number of hydrogen-bond donors (Lipinski definition) is 0. The number of hydrogen-bond acceptors (Lipinski definition) is 6. The maximum Gasteiger partial charge on any atom is 0.227 e. The number of carbonyl (C=O) groups excluding carboxylic acids is 1. The van der Waals surface area contributed by atoms with Gasteiger partial charge >= 0.3 is 0 Å². The Labute approximate surface area is 150 Å². The van der Waals surface area contributed by atoms with E-state index in [9.17, 15) is 4.79 Å². The van der Waals surface area contributed by atoms with E-state index in [-0.39, 0.29) is 11.3 Å². The van der Waals surface area contributed by atoms with Gasteiger partial charge in [0.05, 0.1) is 19.6 Å². The van der Waals surface area contributed by atoms with E-state index in [1.54, 1.807) is 11.3 Å². The first-order valence-corrected chi connectivity index (χ1v) is 9.80. The highest BCUT2D eigenvalue weighted by molar-refractivity contribution is 7.10. The second-order valence-electron chi connectivity index (χ2n) is 7.59. The smallest absolute Gasteiger partial charge is 0.227 e. The van der Waals surface area contributed by atoms with E-state index >= 15 is 0 Å². The lowest BCUT2D eigenvalue weighted by molar-refractivity contribution is -0.130. The van der Waals surface area contributed by atoms with Crippen molar-refractivity contribution in [3.8, 4) is 0 Å². The minimum absolute atomic E-state index is 0.0710. The van der Waals surface area contributed by atoms with Crippen molar-refractivity contribution in [2.45, 2.75) is 31.6 Å². The van der Waals surface area contributed by atoms with Crippen LogP contribution >= 0.6 is 11.3 Å². The quantitative estimate of drug-likeness (QED) is 0.819. The van der Waals surface area contributed by atoms with Crippen LogP contribution < -0.4 is 0 Å². The second-order valence-corrected chi connectivity index (χ2v) is 8.62. The van der Waals surface area contributed by atoms with Crippen LogP contribution in [-0.2, 0) is 22.4 Å². The highest BCUT2D eigenvalue weighted by Crippen LogP contribution is 2.45. The van der Waals surface area contributed by atoms with Gasteiger partial charge < -0.3 is 14.1 Å². The van der Waals surface area contributed by atoms with E-state index in [0.29, 0.717) is 43.8 Å².